The zero-order valence-corrected chi connectivity index (χ0v) is 13.1. The standard InChI is InChI=1S/C15H22N2OS/c1-14(2,3)13-17-11-7-6-10(8-12(11)19-13)18-9-15(4,5)16/h6-8H,9,16H2,1-5H3. The van der Waals surface area contributed by atoms with Crippen molar-refractivity contribution < 1.29 is 4.74 Å². The second kappa shape index (κ2) is 4.76. The maximum atomic E-state index is 5.92. The summed E-state index contributed by atoms with van der Waals surface area (Å²) < 4.78 is 6.89. The van der Waals surface area contributed by atoms with Gasteiger partial charge < -0.3 is 10.5 Å². The Morgan fingerprint density at radius 2 is 1.89 bits per heavy atom. The van der Waals surface area contributed by atoms with Crippen LogP contribution in [0.5, 0.6) is 5.75 Å². The molecule has 1 heterocycles. The summed E-state index contributed by atoms with van der Waals surface area (Å²) in [5, 5.41) is 1.15. The molecule has 0 aliphatic carbocycles. The highest BCUT2D eigenvalue weighted by atomic mass is 32.1. The van der Waals surface area contributed by atoms with Crippen LogP contribution in [0, 0.1) is 0 Å². The van der Waals surface area contributed by atoms with Crippen LogP contribution in [0.15, 0.2) is 18.2 Å². The van der Waals surface area contributed by atoms with Gasteiger partial charge in [-0.2, -0.15) is 0 Å². The van der Waals surface area contributed by atoms with Gasteiger partial charge >= 0.3 is 0 Å². The van der Waals surface area contributed by atoms with Crippen molar-refractivity contribution in [2.75, 3.05) is 6.61 Å². The quantitative estimate of drug-likeness (QED) is 0.931. The third-order valence-electron chi connectivity index (χ3n) is 2.61. The van der Waals surface area contributed by atoms with E-state index in [1.54, 1.807) is 11.3 Å². The first-order valence-electron chi connectivity index (χ1n) is 6.48. The molecular formula is C15H22N2OS. The van der Waals surface area contributed by atoms with Gasteiger partial charge in [-0.05, 0) is 32.0 Å². The highest BCUT2D eigenvalue weighted by Crippen LogP contribution is 2.33. The third kappa shape index (κ3) is 3.67. The molecule has 0 bridgehead atoms. The molecule has 1 aromatic carbocycles. The largest absolute Gasteiger partial charge is 0.492 e. The topological polar surface area (TPSA) is 48.1 Å². The lowest BCUT2D eigenvalue weighted by Gasteiger charge is -2.18. The van der Waals surface area contributed by atoms with Crippen molar-refractivity contribution in [2.24, 2.45) is 5.73 Å². The smallest absolute Gasteiger partial charge is 0.120 e. The average Bonchev–Trinajstić information content (AvgIpc) is 2.67. The summed E-state index contributed by atoms with van der Waals surface area (Å²) in [6.45, 7) is 11.0. The van der Waals surface area contributed by atoms with Crippen LogP contribution in [0.25, 0.3) is 10.2 Å². The van der Waals surface area contributed by atoms with Gasteiger partial charge in [-0.25, -0.2) is 4.98 Å². The lowest BCUT2D eigenvalue weighted by Crippen LogP contribution is -2.38. The van der Waals surface area contributed by atoms with Crippen LogP contribution in [-0.2, 0) is 5.41 Å². The number of thiazole rings is 1. The molecule has 0 fully saturated rings. The molecule has 0 amide bonds. The van der Waals surface area contributed by atoms with Crippen LogP contribution < -0.4 is 10.5 Å². The number of fused-ring (bicyclic) bond motifs is 1. The van der Waals surface area contributed by atoms with Crippen LogP contribution in [0.1, 0.15) is 39.6 Å². The number of benzene rings is 1. The van der Waals surface area contributed by atoms with Gasteiger partial charge in [-0.1, -0.05) is 20.8 Å². The Hall–Kier alpha value is -1.13. The first-order valence-corrected chi connectivity index (χ1v) is 7.30. The molecule has 0 unspecified atom stereocenters. The van der Waals surface area contributed by atoms with Crippen LogP contribution in [0.3, 0.4) is 0 Å². The van der Waals surface area contributed by atoms with Gasteiger partial charge in [0.25, 0.3) is 0 Å². The van der Waals surface area contributed by atoms with Gasteiger partial charge in [0.1, 0.15) is 12.4 Å². The summed E-state index contributed by atoms with van der Waals surface area (Å²) in [7, 11) is 0. The minimum Gasteiger partial charge on any atom is -0.492 e. The van der Waals surface area contributed by atoms with Crippen LogP contribution >= 0.6 is 11.3 Å². The SMILES string of the molecule is CC(C)(N)COc1ccc2nc(C(C)(C)C)sc2c1. The van der Waals surface area contributed by atoms with Crippen molar-refractivity contribution in [3.8, 4) is 5.75 Å². The molecule has 0 saturated heterocycles. The van der Waals surface area contributed by atoms with Crippen molar-refractivity contribution in [1.82, 2.24) is 4.98 Å². The molecule has 0 radical (unpaired) electrons. The highest BCUT2D eigenvalue weighted by molar-refractivity contribution is 7.18. The molecule has 0 saturated carbocycles. The van der Waals surface area contributed by atoms with E-state index in [0.29, 0.717) is 6.61 Å². The maximum Gasteiger partial charge on any atom is 0.120 e. The number of nitrogens with two attached hydrogens (primary N) is 1. The molecule has 104 valence electrons. The molecule has 19 heavy (non-hydrogen) atoms. The summed E-state index contributed by atoms with van der Waals surface area (Å²) in [6.07, 6.45) is 0. The van der Waals surface area contributed by atoms with Gasteiger partial charge in [0.2, 0.25) is 0 Å². The molecule has 0 atom stereocenters. The average molecular weight is 278 g/mol. The Bertz CT molecular complexity index is 576. The van der Waals surface area contributed by atoms with Crippen LogP contribution in [0.2, 0.25) is 0 Å². The minimum atomic E-state index is -0.320. The van der Waals surface area contributed by atoms with Crippen molar-refractivity contribution in [2.45, 2.75) is 45.6 Å². The second-order valence-electron chi connectivity index (χ2n) is 6.68. The van der Waals surface area contributed by atoms with Crippen molar-refractivity contribution in [3.05, 3.63) is 23.2 Å². The van der Waals surface area contributed by atoms with E-state index in [1.165, 1.54) is 0 Å². The fourth-order valence-corrected chi connectivity index (χ4v) is 2.64. The summed E-state index contributed by atoms with van der Waals surface area (Å²) in [5.41, 5.74) is 6.73. The Kier molecular flexibility index (Phi) is 3.58. The minimum absolute atomic E-state index is 0.0873. The van der Waals surface area contributed by atoms with Crippen molar-refractivity contribution in [3.63, 3.8) is 0 Å². The number of aromatic nitrogens is 1. The number of rotatable bonds is 3. The number of hydrogen-bond donors (Lipinski definition) is 1. The Morgan fingerprint density at radius 3 is 2.47 bits per heavy atom. The monoisotopic (exact) mass is 278 g/mol. The van der Waals surface area contributed by atoms with E-state index in [9.17, 15) is 0 Å². The lowest BCUT2D eigenvalue weighted by molar-refractivity contribution is 0.243. The molecule has 2 rings (SSSR count). The molecule has 4 heteroatoms. The zero-order chi connectivity index (χ0) is 14.3. The van der Waals surface area contributed by atoms with E-state index in [0.717, 1.165) is 21.0 Å². The van der Waals surface area contributed by atoms with Crippen LogP contribution in [0.4, 0.5) is 0 Å². The van der Waals surface area contributed by atoms with E-state index in [2.05, 4.69) is 25.8 Å². The van der Waals surface area contributed by atoms with E-state index in [-0.39, 0.29) is 11.0 Å². The molecule has 1 aromatic heterocycles. The molecule has 2 aromatic rings. The fraction of sp³-hybridized carbons (Fsp3) is 0.533. The van der Waals surface area contributed by atoms with Crippen molar-refractivity contribution in [1.29, 1.82) is 0 Å². The fourth-order valence-electron chi connectivity index (χ4n) is 1.58. The molecule has 0 aliphatic rings. The normalized spacial score (nSPS) is 12.9. The second-order valence-corrected chi connectivity index (χ2v) is 7.71. The van der Waals surface area contributed by atoms with Gasteiger partial charge in [0, 0.05) is 11.0 Å². The highest BCUT2D eigenvalue weighted by Gasteiger charge is 2.19. The van der Waals surface area contributed by atoms with E-state index in [1.807, 2.05) is 32.0 Å². The number of ether oxygens (including phenoxy) is 1. The van der Waals surface area contributed by atoms with E-state index < -0.39 is 0 Å². The predicted molar refractivity (Wildman–Crippen MR) is 82.1 cm³/mol. The van der Waals surface area contributed by atoms with Gasteiger partial charge in [0.15, 0.2) is 0 Å². The Balaban J connectivity index is 2.26. The molecule has 0 aliphatic heterocycles. The van der Waals surface area contributed by atoms with Gasteiger partial charge in [-0.3, -0.25) is 0 Å². The summed E-state index contributed by atoms with van der Waals surface area (Å²) in [6, 6.07) is 6.02. The summed E-state index contributed by atoms with van der Waals surface area (Å²) in [5.74, 6) is 0.857. The number of nitrogens with zero attached hydrogens (tertiary/aromatic N) is 1. The van der Waals surface area contributed by atoms with Gasteiger partial charge in [-0.15, -0.1) is 11.3 Å². The predicted octanol–water partition coefficient (Wildman–Crippen LogP) is 3.71. The lowest BCUT2D eigenvalue weighted by atomic mass is 9.98. The van der Waals surface area contributed by atoms with E-state index in [4.69, 9.17) is 10.5 Å². The zero-order valence-electron chi connectivity index (χ0n) is 12.3. The van der Waals surface area contributed by atoms with Gasteiger partial charge in [0.05, 0.1) is 15.2 Å². The molecule has 0 spiro atoms. The molecular weight excluding hydrogens is 256 g/mol. The summed E-state index contributed by atoms with van der Waals surface area (Å²) >= 11 is 1.73. The third-order valence-corrected chi connectivity index (χ3v) is 4.06. The van der Waals surface area contributed by atoms with E-state index >= 15 is 0 Å². The first-order chi connectivity index (χ1) is 8.65. The first kappa shape index (κ1) is 14.3. The molecule has 3 nitrogen and oxygen atoms in total. The maximum absolute atomic E-state index is 5.92. The van der Waals surface area contributed by atoms with Crippen molar-refractivity contribution >= 4 is 21.6 Å². The van der Waals surface area contributed by atoms with Crippen LogP contribution in [-0.4, -0.2) is 17.1 Å². The Morgan fingerprint density at radius 1 is 1.21 bits per heavy atom. The Labute approximate surface area is 118 Å². The summed E-state index contributed by atoms with van der Waals surface area (Å²) in [4.78, 5) is 4.67. The molecule has 2 N–H and O–H groups in total. The number of hydrogen-bond acceptors (Lipinski definition) is 4.